The Morgan fingerprint density at radius 3 is 1.77 bits per heavy atom. The Kier molecular flexibility index (Phi) is 11.9. The van der Waals surface area contributed by atoms with Crippen LogP contribution in [-0.2, 0) is 47.2 Å². The van der Waals surface area contributed by atoms with Crippen LogP contribution in [0.2, 0.25) is 0 Å². The summed E-state index contributed by atoms with van der Waals surface area (Å²) < 4.78 is 66.3. The summed E-state index contributed by atoms with van der Waals surface area (Å²) in [7, 11) is -7.06. The van der Waals surface area contributed by atoms with E-state index in [9.17, 15) is 26.4 Å². The first-order valence-corrected chi connectivity index (χ1v) is 15.6. The highest BCUT2D eigenvalue weighted by Crippen LogP contribution is 2.11. The van der Waals surface area contributed by atoms with Crippen LogP contribution >= 0.6 is 0 Å². The Balaban J connectivity index is 2.24. The molecule has 0 aliphatic heterocycles. The average Bonchev–Trinajstić information content (AvgIpc) is 2.81. The van der Waals surface area contributed by atoms with E-state index in [2.05, 4.69) is 19.5 Å². The molecule has 0 radical (unpaired) electrons. The Morgan fingerprint density at radius 1 is 0.795 bits per heavy atom. The molecule has 0 heterocycles. The molecule has 216 valence electrons. The molecule has 39 heavy (non-hydrogen) atoms. The minimum Gasteiger partial charge on any atom is -0.468 e. The van der Waals surface area contributed by atoms with Gasteiger partial charge in [-0.15, -0.1) is 0 Å². The summed E-state index contributed by atoms with van der Waals surface area (Å²) in [5.74, 6) is -1.93. The van der Waals surface area contributed by atoms with Crippen molar-refractivity contribution in [1.29, 1.82) is 0 Å². The van der Waals surface area contributed by atoms with Crippen LogP contribution in [0.4, 0.5) is 4.79 Å². The van der Waals surface area contributed by atoms with E-state index >= 15 is 0 Å². The average molecular weight is 584 g/mol. The topological polar surface area (TPSA) is 157 Å². The smallest absolute Gasteiger partial charge is 0.407 e. The van der Waals surface area contributed by atoms with Crippen molar-refractivity contribution in [2.24, 2.45) is 0 Å². The van der Waals surface area contributed by atoms with E-state index in [1.807, 2.05) is 18.2 Å². The fourth-order valence-electron chi connectivity index (χ4n) is 3.69. The van der Waals surface area contributed by atoms with Crippen molar-refractivity contribution in [2.45, 2.75) is 51.3 Å². The van der Waals surface area contributed by atoms with Gasteiger partial charge in [0, 0.05) is 6.04 Å². The number of amides is 1. The van der Waals surface area contributed by atoms with E-state index < -0.39 is 67.8 Å². The number of carbonyl (C=O) groups excluding carboxylic acids is 2. The molecule has 0 aliphatic rings. The zero-order chi connectivity index (χ0) is 29.1. The van der Waals surface area contributed by atoms with E-state index in [0.29, 0.717) is 5.56 Å². The number of hydrogen-bond donors (Lipinski definition) is 3. The van der Waals surface area contributed by atoms with E-state index in [1.54, 1.807) is 63.2 Å². The molecule has 0 bridgehead atoms. The Labute approximate surface area is 230 Å². The molecule has 0 fully saturated rings. The highest BCUT2D eigenvalue weighted by atomic mass is 32.2. The molecule has 13 heteroatoms. The number of rotatable bonds is 14. The number of hydrogen-bond acceptors (Lipinski definition) is 8. The maximum Gasteiger partial charge on any atom is 0.407 e. The van der Waals surface area contributed by atoms with Gasteiger partial charge in [-0.25, -0.2) is 31.1 Å². The number of esters is 1. The molecule has 0 aliphatic carbocycles. The Hall–Kier alpha value is -3.00. The van der Waals surface area contributed by atoms with E-state index in [1.165, 1.54) is 0 Å². The fourth-order valence-corrected chi connectivity index (χ4v) is 6.48. The van der Waals surface area contributed by atoms with Gasteiger partial charge < -0.3 is 14.8 Å². The van der Waals surface area contributed by atoms with Crippen LogP contribution in [0.3, 0.4) is 0 Å². The molecule has 0 unspecified atom stereocenters. The lowest BCUT2D eigenvalue weighted by atomic mass is 10.1. The summed E-state index contributed by atoms with van der Waals surface area (Å²) in [4.78, 5) is 23.9. The Bertz CT molecular complexity index is 1280. The summed E-state index contributed by atoms with van der Waals surface area (Å²) in [6, 6.07) is 15.9. The number of benzene rings is 2. The number of sulfonamides is 2. The predicted octanol–water partition coefficient (Wildman–Crippen LogP) is 1.75. The van der Waals surface area contributed by atoms with Gasteiger partial charge in [0.15, 0.2) is 0 Å². The van der Waals surface area contributed by atoms with Crippen LogP contribution < -0.4 is 14.8 Å². The standard InChI is InChI=1S/C26H37N3O8S2/c1-26(2,3)37-25(31)28-22(15-20-11-7-5-8-12-20)18-39(34,35)29-23(16-21-13-9-6-10-14-21)19-38(32,33)27-17-24(30)36-4/h5-14,22-23,27,29H,15-19H2,1-4H3,(H,28,31)/t22-,23-/m0/s1. The summed E-state index contributed by atoms with van der Waals surface area (Å²) in [5.41, 5.74) is 0.718. The van der Waals surface area contributed by atoms with E-state index in [-0.39, 0.29) is 12.8 Å². The van der Waals surface area contributed by atoms with Gasteiger partial charge in [-0.05, 0) is 44.7 Å². The second-order valence-electron chi connectivity index (χ2n) is 10.00. The summed E-state index contributed by atoms with van der Waals surface area (Å²) in [5, 5.41) is 2.63. The van der Waals surface area contributed by atoms with Gasteiger partial charge in [0.25, 0.3) is 0 Å². The molecule has 11 nitrogen and oxygen atoms in total. The van der Waals surface area contributed by atoms with Gasteiger partial charge in [0.1, 0.15) is 12.1 Å². The first-order chi connectivity index (χ1) is 18.2. The van der Waals surface area contributed by atoms with Gasteiger partial charge >= 0.3 is 12.1 Å². The van der Waals surface area contributed by atoms with Crippen LogP contribution in [-0.4, -0.2) is 71.7 Å². The molecule has 1 amide bonds. The van der Waals surface area contributed by atoms with Crippen LogP contribution in [0.25, 0.3) is 0 Å². The number of carbonyl (C=O) groups is 2. The molecule has 0 spiro atoms. The summed E-state index contributed by atoms with van der Waals surface area (Å²) >= 11 is 0. The minimum absolute atomic E-state index is 0.0715. The largest absolute Gasteiger partial charge is 0.468 e. The second kappa shape index (κ2) is 14.4. The van der Waals surface area contributed by atoms with E-state index in [0.717, 1.165) is 12.7 Å². The van der Waals surface area contributed by atoms with Gasteiger partial charge in [-0.3, -0.25) is 4.79 Å². The third kappa shape index (κ3) is 13.6. The molecule has 2 atom stereocenters. The number of nitrogens with one attached hydrogen (secondary N) is 3. The SMILES string of the molecule is COC(=O)CNS(=O)(=O)C[C@H](Cc1ccccc1)NS(=O)(=O)C[C@H](Cc1ccccc1)NC(=O)OC(C)(C)C. The van der Waals surface area contributed by atoms with Crippen molar-refractivity contribution in [3.63, 3.8) is 0 Å². The molecule has 3 N–H and O–H groups in total. The lowest BCUT2D eigenvalue weighted by Crippen LogP contribution is -2.50. The van der Waals surface area contributed by atoms with Crippen molar-refractivity contribution in [2.75, 3.05) is 25.2 Å². The molecule has 2 rings (SSSR count). The van der Waals surface area contributed by atoms with Crippen LogP contribution in [0, 0.1) is 0 Å². The molecule has 0 saturated carbocycles. The summed E-state index contributed by atoms with van der Waals surface area (Å²) in [6.07, 6.45) is -0.500. The van der Waals surface area contributed by atoms with Crippen LogP contribution in [0.5, 0.6) is 0 Å². The molecular formula is C26H37N3O8S2. The molecular weight excluding hydrogens is 546 g/mol. The predicted molar refractivity (Wildman–Crippen MR) is 148 cm³/mol. The van der Waals surface area contributed by atoms with Crippen molar-refractivity contribution in [3.8, 4) is 0 Å². The third-order valence-corrected chi connectivity index (χ3v) is 8.18. The highest BCUT2D eigenvalue weighted by Gasteiger charge is 2.29. The zero-order valence-electron chi connectivity index (χ0n) is 22.5. The number of ether oxygens (including phenoxy) is 2. The fraction of sp³-hybridized carbons (Fsp3) is 0.462. The monoisotopic (exact) mass is 583 g/mol. The highest BCUT2D eigenvalue weighted by molar-refractivity contribution is 7.90. The van der Waals surface area contributed by atoms with Crippen molar-refractivity contribution < 1.29 is 35.9 Å². The van der Waals surface area contributed by atoms with Gasteiger partial charge in [0.05, 0.1) is 24.7 Å². The molecule has 0 aromatic heterocycles. The van der Waals surface area contributed by atoms with Crippen molar-refractivity contribution >= 4 is 32.1 Å². The van der Waals surface area contributed by atoms with Crippen LogP contribution in [0.1, 0.15) is 31.9 Å². The second-order valence-corrected chi connectivity index (χ2v) is 13.6. The quantitative estimate of drug-likeness (QED) is 0.284. The Morgan fingerprint density at radius 2 is 1.28 bits per heavy atom. The van der Waals surface area contributed by atoms with Gasteiger partial charge in [0.2, 0.25) is 20.0 Å². The summed E-state index contributed by atoms with van der Waals surface area (Å²) in [6.45, 7) is 4.50. The lowest BCUT2D eigenvalue weighted by Gasteiger charge is -2.25. The molecule has 0 saturated heterocycles. The normalized spacial score (nSPS) is 13.7. The zero-order valence-corrected chi connectivity index (χ0v) is 24.2. The molecule has 2 aromatic rings. The first-order valence-electron chi connectivity index (χ1n) is 12.3. The number of methoxy groups -OCH3 is 1. The van der Waals surface area contributed by atoms with Crippen molar-refractivity contribution in [1.82, 2.24) is 14.8 Å². The van der Waals surface area contributed by atoms with Gasteiger partial charge in [-0.2, -0.15) is 0 Å². The maximum absolute atomic E-state index is 13.3. The number of alkyl carbamates (subject to hydrolysis) is 1. The van der Waals surface area contributed by atoms with Crippen molar-refractivity contribution in [3.05, 3.63) is 71.8 Å². The van der Waals surface area contributed by atoms with Crippen LogP contribution in [0.15, 0.2) is 60.7 Å². The lowest BCUT2D eigenvalue weighted by molar-refractivity contribution is -0.139. The maximum atomic E-state index is 13.3. The van der Waals surface area contributed by atoms with E-state index in [4.69, 9.17) is 4.74 Å². The minimum atomic E-state index is -4.12. The third-order valence-electron chi connectivity index (χ3n) is 5.22. The molecule has 2 aromatic carbocycles. The van der Waals surface area contributed by atoms with Gasteiger partial charge in [-0.1, -0.05) is 60.7 Å². The first kappa shape index (κ1) is 32.2.